The van der Waals surface area contributed by atoms with Crippen molar-refractivity contribution >= 4 is 88.7 Å². The minimum Gasteiger partial charge on any atom is -0.508 e. The van der Waals surface area contributed by atoms with Crippen LogP contribution in [0.3, 0.4) is 0 Å². The van der Waals surface area contributed by atoms with E-state index in [0.29, 0.717) is 24.1 Å². The van der Waals surface area contributed by atoms with Crippen LogP contribution in [0.25, 0.3) is 0 Å². The summed E-state index contributed by atoms with van der Waals surface area (Å²) in [6.45, 7) is 5.13. The lowest BCUT2D eigenvalue weighted by atomic mass is 10.0. The molecule has 2 aromatic rings. The smallest absolute Gasteiger partial charge is 0.326 e. The maximum atomic E-state index is 14.4. The number of benzene rings is 1. The number of carbonyl (C=O) groups excluding carboxylic acids is 10. The van der Waals surface area contributed by atoms with Gasteiger partial charge in [0, 0.05) is 44.2 Å². The van der Waals surface area contributed by atoms with Gasteiger partial charge in [0.25, 0.3) is 0 Å². The number of phenolic OH excluding ortho intramolecular Hbond substituents is 1. The number of aliphatic carboxylic acids is 3. The summed E-state index contributed by atoms with van der Waals surface area (Å²) < 4.78 is 0. The number of H-pyrrole nitrogens is 1. The predicted octanol–water partition coefficient (Wildman–Crippen LogP) is -3.28. The molecule has 1 aromatic heterocycles. The highest BCUT2D eigenvalue weighted by Gasteiger charge is 2.43. The average Bonchev–Trinajstić information content (AvgIpc) is 4.36. The van der Waals surface area contributed by atoms with Crippen molar-refractivity contribution in [2.24, 2.45) is 17.4 Å². The highest BCUT2D eigenvalue weighted by Crippen LogP contribution is 2.24. The van der Waals surface area contributed by atoms with Crippen molar-refractivity contribution in [3.8, 4) is 5.75 Å². The summed E-state index contributed by atoms with van der Waals surface area (Å²) in [5.74, 6) is -13.2. The first kappa shape index (κ1) is 67.2. The molecule has 2 fully saturated rings. The lowest BCUT2D eigenvalue weighted by Gasteiger charge is -2.32. The fourth-order valence-electron chi connectivity index (χ4n) is 9.34. The molecule has 0 radical (unpaired) electrons. The zero-order valence-corrected chi connectivity index (χ0v) is 47.2. The molecule has 0 unspecified atom stereocenters. The number of nitrogens with zero attached hydrogens (tertiary/aromatic N) is 3. The molecule has 16 N–H and O–H groups in total. The molecule has 4 rings (SSSR count). The van der Waals surface area contributed by atoms with E-state index in [-0.39, 0.29) is 81.9 Å². The third-order valence-electron chi connectivity index (χ3n) is 13.6. The number of rotatable bonds is 33. The van der Waals surface area contributed by atoms with E-state index in [9.17, 15) is 72.5 Å². The topological polar surface area (TPSA) is 474 Å². The van der Waals surface area contributed by atoms with E-state index in [4.69, 9.17) is 21.7 Å². The van der Waals surface area contributed by atoms with Crippen LogP contribution in [0.5, 0.6) is 5.75 Å². The summed E-state index contributed by atoms with van der Waals surface area (Å²) in [6, 6.07) is -8.71. The van der Waals surface area contributed by atoms with E-state index in [1.165, 1.54) is 65.3 Å². The molecule has 0 saturated carbocycles. The number of imidazole rings is 1. The summed E-state index contributed by atoms with van der Waals surface area (Å²) in [6.07, 6.45) is 2.71. The molecule has 30 nitrogen and oxygen atoms in total. The van der Waals surface area contributed by atoms with Gasteiger partial charge in [0.1, 0.15) is 60.1 Å². The Morgan fingerprint density at radius 3 is 1.72 bits per heavy atom. The number of aromatic amines is 1. The van der Waals surface area contributed by atoms with Crippen molar-refractivity contribution in [1.82, 2.24) is 57.0 Å². The van der Waals surface area contributed by atoms with Gasteiger partial charge in [-0.2, -0.15) is 11.8 Å². The number of phenols is 1. The Hall–Kier alpha value is -8.35. The van der Waals surface area contributed by atoms with Gasteiger partial charge in [0.15, 0.2) is 0 Å². The van der Waals surface area contributed by atoms with E-state index in [2.05, 4.69) is 47.2 Å². The van der Waals surface area contributed by atoms with Crippen molar-refractivity contribution in [3.63, 3.8) is 0 Å². The number of hydrogen-bond acceptors (Lipinski definition) is 17. The van der Waals surface area contributed by atoms with Gasteiger partial charge in [-0.15, -0.1) is 0 Å². The van der Waals surface area contributed by atoms with Crippen LogP contribution >= 0.6 is 11.8 Å². The van der Waals surface area contributed by atoms with E-state index in [1.807, 2.05) is 13.8 Å². The quantitative estimate of drug-likeness (QED) is 0.0333. The molecule has 1 aromatic carbocycles. The van der Waals surface area contributed by atoms with Gasteiger partial charge in [0.2, 0.25) is 59.1 Å². The van der Waals surface area contributed by atoms with E-state index >= 15 is 0 Å². The predicted molar refractivity (Wildman–Crippen MR) is 294 cm³/mol. The molecule has 0 bridgehead atoms. The minimum atomic E-state index is -1.83. The average molecular weight is 1190 g/mol. The SMILES string of the molecule is CSCC[C@H](NC(=O)[C@H](C)NC(=O)[C@H](Cc1ccc(O)cc1)NC(=O)[C@H](CC(N)=O)NC(=O)[C@H](Cc1cnc[nH]1)NC(=O)[C@@H]1CCCN1C(=O)[C@H](CC(C)C)NC(=O)[C@@H]1CCCN1C(=O)[C@@H](N)CCC(=O)O)C(=O)N[C@@H](CC(=O)O)C(=O)O. The van der Waals surface area contributed by atoms with Crippen LogP contribution in [-0.2, 0) is 75.2 Å². The molecular weight excluding hydrogens is 1110 g/mol. The Morgan fingerprint density at radius 2 is 1.18 bits per heavy atom. The van der Waals surface area contributed by atoms with E-state index < -0.39 is 150 Å². The Balaban J connectivity index is 1.54. The van der Waals surface area contributed by atoms with Gasteiger partial charge in [-0.25, -0.2) is 9.78 Å². The number of amides is 10. The maximum absolute atomic E-state index is 14.4. The van der Waals surface area contributed by atoms with Crippen molar-refractivity contribution in [2.45, 2.75) is 158 Å². The number of primary amides is 1. The summed E-state index contributed by atoms with van der Waals surface area (Å²) in [5, 5.41) is 54.9. The van der Waals surface area contributed by atoms with Gasteiger partial charge < -0.3 is 83.9 Å². The van der Waals surface area contributed by atoms with Crippen LogP contribution in [0.2, 0.25) is 0 Å². The first-order valence-electron chi connectivity index (χ1n) is 26.9. The number of likely N-dealkylation sites (tertiary alicyclic amines) is 2. The lowest BCUT2D eigenvalue weighted by molar-refractivity contribution is -0.147. The zero-order valence-electron chi connectivity index (χ0n) is 46.4. The van der Waals surface area contributed by atoms with E-state index in [1.54, 1.807) is 6.26 Å². The van der Waals surface area contributed by atoms with Crippen molar-refractivity contribution < 1.29 is 82.8 Å². The molecule has 83 heavy (non-hydrogen) atoms. The van der Waals surface area contributed by atoms with Crippen molar-refractivity contribution in [2.75, 3.05) is 25.1 Å². The number of carboxylic acids is 3. The van der Waals surface area contributed by atoms with Gasteiger partial charge in [0.05, 0.1) is 25.2 Å². The molecule has 31 heteroatoms. The van der Waals surface area contributed by atoms with Crippen LogP contribution in [0.15, 0.2) is 36.8 Å². The summed E-state index contributed by atoms with van der Waals surface area (Å²) in [5.41, 5.74) is 12.3. The Kier molecular flexibility index (Phi) is 26.2. The van der Waals surface area contributed by atoms with E-state index in [0.717, 1.165) is 0 Å². The standard InChI is InChI=1S/C52H75N13O17S/c1-26(2)19-36(62-49(78)38-7-5-16-64(38)50(79)31(53)13-14-41(68)69)51(80)65-17-6-8-39(65)48(77)61-34(21-29-24-55-25-56-29)46(75)60-35(22-40(54)67)47(76)59-33(20-28-9-11-30(66)12-10-28)45(74)57-27(3)43(72)58-32(15-18-83-4)44(73)63-37(52(81)82)23-42(70)71/h9-12,24-27,31-39,66H,5-8,13-23,53H2,1-4H3,(H2,54,67)(H,55,56)(H,57,74)(H,58,72)(H,59,76)(H,60,75)(H,61,77)(H,62,78)(H,63,73)(H,68,69)(H,70,71)(H,81,82)/t27-,31-,32-,33-,34-,35-,36-,37-,38-,39-/m0/s1. The molecule has 456 valence electrons. The number of carbonyl (C=O) groups is 13. The molecular formula is C52H75N13O17S. The molecule has 0 spiro atoms. The fraction of sp³-hybridized carbons (Fsp3) is 0.577. The highest BCUT2D eigenvalue weighted by molar-refractivity contribution is 7.98. The second kappa shape index (κ2) is 32.3. The van der Waals surface area contributed by atoms with Gasteiger partial charge in [-0.1, -0.05) is 26.0 Å². The summed E-state index contributed by atoms with van der Waals surface area (Å²) >= 11 is 1.28. The first-order chi connectivity index (χ1) is 39.2. The largest absolute Gasteiger partial charge is 0.508 e. The number of nitrogens with one attached hydrogen (secondary N) is 8. The summed E-state index contributed by atoms with van der Waals surface area (Å²) in [7, 11) is 0. The number of carboxylic acid groups (broad SMARTS) is 3. The fourth-order valence-corrected chi connectivity index (χ4v) is 9.81. The molecule has 2 saturated heterocycles. The Bertz CT molecular complexity index is 2660. The molecule has 10 atom stereocenters. The minimum absolute atomic E-state index is 0.0411. The van der Waals surface area contributed by atoms with Crippen LogP contribution in [0.1, 0.15) is 96.2 Å². The third-order valence-corrected chi connectivity index (χ3v) is 14.3. The van der Waals surface area contributed by atoms with Gasteiger partial charge >= 0.3 is 17.9 Å². The molecule has 2 aliphatic rings. The second-order valence-electron chi connectivity index (χ2n) is 20.7. The second-order valence-corrected chi connectivity index (χ2v) is 21.7. The number of aromatic nitrogens is 2. The van der Waals surface area contributed by atoms with Gasteiger partial charge in [-0.05, 0) is 87.5 Å². The summed E-state index contributed by atoms with van der Waals surface area (Å²) in [4.78, 5) is 181. The van der Waals surface area contributed by atoms with Gasteiger partial charge in [-0.3, -0.25) is 57.5 Å². The normalized spacial score (nSPS) is 17.7. The molecule has 10 amide bonds. The van der Waals surface area contributed by atoms with Crippen LogP contribution in [0, 0.1) is 5.92 Å². The Labute approximate surface area is 481 Å². The van der Waals surface area contributed by atoms with Crippen molar-refractivity contribution in [1.29, 1.82) is 0 Å². The number of aromatic hydroxyl groups is 1. The maximum Gasteiger partial charge on any atom is 0.326 e. The number of nitrogens with two attached hydrogens (primary N) is 2. The number of hydrogen-bond donors (Lipinski definition) is 14. The Morgan fingerprint density at radius 1 is 0.651 bits per heavy atom. The monoisotopic (exact) mass is 1190 g/mol. The molecule has 0 aliphatic carbocycles. The number of thioether (sulfide) groups is 1. The van der Waals surface area contributed by atoms with Crippen LogP contribution in [0.4, 0.5) is 0 Å². The molecule has 3 heterocycles. The highest BCUT2D eigenvalue weighted by atomic mass is 32.2. The van der Waals surface area contributed by atoms with Crippen LogP contribution < -0.4 is 48.7 Å². The lowest BCUT2D eigenvalue weighted by Crippen LogP contribution is -2.61. The first-order valence-corrected chi connectivity index (χ1v) is 28.3. The van der Waals surface area contributed by atoms with Crippen molar-refractivity contribution in [3.05, 3.63) is 48.0 Å². The van der Waals surface area contributed by atoms with Crippen LogP contribution in [-0.4, -0.2) is 203 Å². The molecule has 2 aliphatic heterocycles. The third kappa shape index (κ3) is 21.2. The zero-order chi connectivity index (χ0) is 61.7.